The lowest BCUT2D eigenvalue weighted by atomic mass is 9.94. The maximum atomic E-state index is 9.76. The van der Waals surface area contributed by atoms with E-state index in [-0.39, 0.29) is 0 Å². The Morgan fingerprint density at radius 3 is 3.14 bits per heavy atom. The molecule has 0 bridgehead atoms. The van der Waals surface area contributed by atoms with Crippen LogP contribution in [0.4, 0.5) is 5.69 Å². The Kier molecular flexibility index (Phi) is 1.57. The van der Waals surface area contributed by atoms with E-state index in [1.165, 1.54) is 17.7 Å². The van der Waals surface area contributed by atoms with Crippen LogP contribution in [0.5, 0.6) is 0 Å². The van der Waals surface area contributed by atoms with Gasteiger partial charge in [0.15, 0.2) is 0 Å². The zero-order valence-electron chi connectivity index (χ0n) is 8.03. The van der Waals surface area contributed by atoms with E-state index in [0.717, 1.165) is 25.1 Å². The van der Waals surface area contributed by atoms with Crippen LogP contribution in [0.3, 0.4) is 0 Å². The number of benzene rings is 1. The molecule has 1 N–H and O–H groups in total. The topological polar surface area (TPSA) is 23.5 Å². The molecule has 1 aromatic carbocycles. The molecule has 3 rings (SSSR count). The van der Waals surface area contributed by atoms with Crippen LogP contribution < -0.4 is 4.90 Å². The number of para-hydroxylation sites is 1. The van der Waals surface area contributed by atoms with Crippen molar-refractivity contribution < 1.29 is 5.11 Å². The normalized spacial score (nSPS) is 18.9. The average molecular weight is 187 g/mol. The van der Waals surface area contributed by atoms with E-state index in [9.17, 15) is 5.11 Å². The van der Waals surface area contributed by atoms with E-state index in [1.54, 1.807) is 0 Å². The fourth-order valence-electron chi connectivity index (χ4n) is 2.43. The van der Waals surface area contributed by atoms with Crippen LogP contribution in [-0.2, 0) is 6.42 Å². The predicted molar refractivity (Wildman–Crippen MR) is 57.6 cm³/mol. The minimum absolute atomic E-state index is 0.444. The number of aryl methyl sites for hydroxylation is 1. The van der Waals surface area contributed by atoms with Gasteiger partial charge >= 0.3 is 0 Å². The molecule has 0 aliphatic carbocycles. The van der Waals surface area contributed by atoms with Crippen LogP contribution in [0.25, 0.3) is 5.76 Å². The summed E-state index contributed by atoms with van der Waals surface area (Å²) in [6.45, 7) is 1.98. The highest BCUT2D eigenvalue weighted by atomic mass is 16.3. The van der Waals surface area contributed by atoms with Crippen molar-refractivity contribution in [1.29, 1.82) is 0 Å². The number of anilines is 1. The first-order valence-corrected chi connectivity index (χ1v) is 5.12. The fraction of sp³-hybridized carbons (Fsp3) is 0.333. The third-order valence-corrected chi connectivity index (χ3v) is 3.09. The maximum absolute atomic E-state index is 9.76. The lowest BCUT2D eigenvalue weighted by Gasteiger charge is -2.34. The smallest absolute Gasteiger partial charge is 0.122 e. The molecule has 2 heterocycles. The highest BCUT2D eigenvalue weighted by Crippen LogP contribution is 2.36. The van der Waals surface area contributed by atoms with Crippen molar-refractivity contribution in [2.45, 2.75) is 12.8 Å². The third-order valence-electron chi connectivity index (χ3n) is 3.09. The molecule has 0 atom stereocenters. The van der Waals surface area contributed by atoms with Gasteiger partial charge in [-0.05, 0) is 30.5 Å². The molecule has 2 aliphatic heterocycles. The van der Waals surface area contributed by atoms with Gasteiger partial charge in [-0.15, -0.1) is 0 Å². The van der Waals surface area contributed by atoms with Gasteiger partial charge in [-0.1, -0.05) is 12.1 Å². The molecule has 0 saturated carbocycles. The Morgan fingerprint density at radius 2 is 2.21 bits per heavy atom. The van der Waals surface area contributed by atoms with Crippen LogP contribution in [0.2, 0.25) is 0 Å². The first-order valence-electron chi connectivity index (χ1n) is 5.12. The van der Waals surface area contributed by atoms with Crippen LogP contribution in [0.1, 0.15) is 17.5 Å². The monoisotopic (exact) mass is 187 g/mol. The Labute approximate surface area is 83.5 Å². The number of nitrogens with zero attached hydrogens (tertiary/aromatic N) is 1. The zero-order valence-corrected chi connectivity index (χ0v) is 8.03. The number of hydrogen-bond donors (Lipinski definition) is 1. The van der Waals surface area contributed by atoms with Gasteiger partial charge in [-0.3, -0.25) is 0 Å². The van der Waals surface area contributed by atoms with Crippen molar-refractivity contribution in [3.8, 4) is 0 Å². The highest BCUT2D eigenvalue weighted by molar-refractivity contribution is 5.79. The van der Waals surface area contributed by atoms with Crippen molar-refractivity contribution in [2.75, 3.05) is 18.0 Å². The maximum Gasteiger partial charge on any atom is 0.122 e. The van der Waals surface area contributed by atoms with Crippen molar-refractivity contribution in [1.82, 2.24) is 0 Å². The average Bonchev–Trinajstić information content (AvgIpc) is 2.24. The van der Waals surface area contributed by atoms with E-state index in [2.05, 4.69) is 11.0 Å². The van der Waals surface area contributed by atoms with Crippen LogP contribution in [-0.4, -0.2) is 18.2 Å². The molecule has 2 nitrogen and oxygen atoms in total. The summed E-state index contributed by atoms with van der Waals surface area (Å²) in [5, 5.41) is 9.76. The van der Waals surface area contributed by atoms with Crippen molar-refractivity contribution in [2.24, 2.45) is 0 Å². The van der Waals surface area contributed by atoms with E-state index >= 15 is 0 Å². The minimum Gasteiger partial charge on any atom is -0.508 e. The zero-order chi connectivity index (χ0) is 9.54. The number of hydrogen-bond acceptors (Lipinski definition) is 2. The Balaban J connectivity index is 2.25. The largest absolute Gasteiger partial charge is 0.508 e. The Hall–Kier alpha value is -1.44. The van der Waals surface area contributed by atoms with Gasteiger partial charge in [0.1, 0.15) is 5.76 Å². The molecule has 0 radical (unpaired) electrons. The number of aliphatic hydroxyl groups excluding tert-OH is 1. The fourth-order valence-corrected chi connectivity index (χ4v) is 2.43. The Morgan fingerprint density at radius 1 is 1.29 bits per heavy atom. The van der Waals surface area contributed by atoms with Crippen LogP contribution >= 0.6 is 0 Å². The SMILES string of the molecule is OC1=CCN2CCCc3cccc1c32. The lowest BCUT2D eigenvalue weighted by Crippen LogP contribution is -2.32. The molecular formula is C12H13NO. The molecule has 0 unspecified atom stereocenters. The van der Waals surface area contributed by atoms with E-state index in [0.29, 0.717) is 5.76 Å². The quantitative estimate of drug-likeness (QED) is 0.674. The highest BCUT2D eigenvalue weighted by Gasteiger charge is 2.23. The Bertz CT molecular complexity index is 409. The van der Waals surface area contributed by atoms with E-state index in [4.69, 9.17) is 0 Å². The number of aliphatic hydroxyl groups is 1. The molecule has 14 heavy (non-hydrogen) atoms. The molecule has 0 amide bonds. The molecule has 0 saturated heterocycles. The standard InChI is InChI=1S/C12H13NO/c14-11-6-8-13-7-2-4-9-3-1-5-10(11)12(9)13/h1,3,5-6,14H,2,4,7-8H2. The second-order valence-corrected chi connectivity index (χ2v) is 3.95. The second-order valence-electron chi connectivity index (χ2n) is 3.95. The second kappa shape index (κ2) is 2.77. The molecule has 0 aromatic heterocycles. The van der Waals surface area contributed by atoms with Crippen molar-refractivity contribution >= 4 is 11.4 Å². The molecule has 0 fully saturated rings. The van der Waals surface area contributed by atoms with Crippen LogP contribution in [0.15, 0.2) is 24.3 Å². The summed E-state index contributed by atoms with van der Waals surface area (Å²) in [6, 6.07) is 6.21. The first kappa shape index (κ1) is 7.92. The van der Waals surface area contributed by atoms with Crippen molar-refractivity contribution in [3.63, 3.8) is 0 Å². The van der Waals surface area contributed by atoms with Gasteiger partial charge in [0.25, 0.3) is 0 Å². The summed E-state index contributed by atoms with van der Waals surface area (Å²) in [5.74, 6) is 0.444. The summed E-state index contributed by atoms with van der Waals surface area (Å²) in [6.07, 6.45) is 4.27. The van der Waals surface area contributed by atoms with Gasteiger partial charge in [0.05, 0.1) is 5.69 Å². The van der Waals surface area contributed by atoms with Gasteiger partial charge in [-0.2, -0.15) is 0 Å². The summed E-state index contributed by atoms with van der Waals surface area (Å²) < 4.78 is 0. The summed E-state index contributed by atoms with van der Waals surface area (Å²) >= 11 is 0. The first-order chi connectivity index (χ1) is 6.86. The van der Waals surface area contributed by atoms with Gasteiger partial charge in [0.2, 0.25) is 0 Å². The lowest BCUT2D eigenvalue weighted by molar-refractivity contribution is 0.505. The molecule has 72 valence electrons. The molecule has 0 spiro atoms. The molecule has 1 aromatic rings. The summed E-state index contributed by atoms with van der Waals surface area (Å²) in [4.78, 5) is 2.36. The third kappa shape index (κ3) is 0.969. The van der Waals surface area contributed by atoms with E-state index < -0.39 is 0 Å². The molecule has 2 aliphatic rings. The predicted octanol–water partition coefficient (Wildman–Crippen LogP) is 2.35. The van der Waals surface area contributed by atoms with Gasteiger partial charge in [-0.25, -0.2) is 0 Å². The summed E-state index contributed by atoms with van der Waals surface area (Å²) in [7, 11) is 0. The summed E-state index contributed by atoms with van der Waals surface area (Å²) in [5.41, 5.74) is 3.65. The number of rotatable bonds is 0. The minimum atomic E-state index is 0.444. The van der Waals surface area contributed by atoms with E-state index in [1.807, 2.05) is 18.2 Å². The molecule has 2 heteroatoms. The van der Waals surface area contributed by atoms with Gasteiger partial charge in [0, 0.05) is 18.7 Å². The van der Waals surface area contributed by atoms with Gasteiger partial charge < -0.3 is 10.0 Å². The van der Waals surface area contributed by atoms with Crippen LogP contribution in [0, 0.1) is 0 Å². The molecular weight excluding hydrogens is 174 g/mol. The van der Waals surface area contributed by atoms with Crippen molar-refractivity contribution in [3.05, 3.63) is 35.4 Å².